The summed E-state index contributed by atoms with van der Waals surface area (Å²) in [5.74, 6) is 4.38. The summed E-state index contributed by atoms with van der Waals surface area (Å²) in [5.41, 5.74) is 0.383. The van der Waals surface area contributed by atoms with Crippen LogP contribution in [0.25, 0.3) is 0 Å². The molecule has 0 amide bonds. The Bertz CT molecular complexity index is 292. The Balaban J connectivity index is 1.32. The number of rotatable bonds is 3. The zero-order valence-electron chi connectivity index (χ0n) is 11.0. The second-order valence-electron chi connectivity index (χ2n) is 7.34. The number of hydrogen-bond acceptors (Lipinski definition) is 2. The van der Waals surface area contributed by atoms with Crippen LogP contribution in [0.3, 0.4) is 0 Å². The molecule has 2 heteroatoms. The van der Waals surface area contributed by atoms with E-state index in [4.69, 9.17) is 0 Å². The first-order valence-electron chi connectivity index (χ1n) is 7.75. The Morgan fingerprint density at radius 2 is 1.94 bits per heavy atom. The Morgan fingerprint density at radius 1 is 1.18 bits per heavy atom. The highest BCUT2D eigenvalue weighted by molar-refractivity contribution is 5.17. The third-order valence-corrected chi connectivity index (χ3v) is 6.17. The van der Waals surface area contributed by atoms with E-state index in [1.54, 1.807) is 19.3 Å². The molecule has 2 bridgehead atoms. The van der Waals surface area contributed by atoms with Gasteiger partial charge in [0.25, 0.3) is 0 Å². The van der Waals surface area contributed by atoms with Crippen LogP contribution >= 0.6 is 0 Å². The highest BCUT2D eigenvalue weighted by Gasteiger charge is 2.64. The SMILES string of the molecule is CC1(CNC2C3C4CCC(C4)C23)CCCCN1. The predicted molar refractivity (Wildman–Crippen MR) is 69.9 cm³/mol. The van der Waals surface area contributed by atoms with Crippen molar-refractivity contribution in [1.82, 2.24) is 10.6 Å². The second-order valence-corrected chi connectivity index (χ2v) is 7.34. The quantitative estimate of drug-likeness (QED) is 0.782. The minimum Gasteiger partial charge on any atom is -0.312 e. The molecule has 4 rings (SSSR count). The van der Waals surface area contributed by atoms with Crippen LogP contribution in [0.1, 0.15) is 45.4 Å². The molecule has 0 aromatic carbocycles. The minimum absolute atomic E-state index is 0.383. The van der Waals surface area contributed by atoms with Crippen LogP contribution in [0.2, 0.25) is 0 Å². The number of fused-ring (bicyclic) bond motifs is 5. The molecule has 4 fully saturated rings. The summed E-state index contributed by atoms with van der Waals surface area (Å²) >= 11 is 0. The predicted octanol–water partition coefficient (Wildman–Crippen LogP) is 2.15. The lowest BCUT2D eigenvalue weighted by Gasteiger charge is -2.35. The molecule has 4 aliphatic rings. The Labute approximate surface area is 105 Å². The average Bonchev–Trinajstić information content (AvgIpc) is 2.73. The van der Waals surface area contributed by atoms with E-state index in [2.05, 4.69) is 17.6 Å². The molecule has 2 nitrogen and oxygen atoms in total. The van der Waals surface area contributed by atoms with E-state index in [0.29, 0.717) is 5.54 Å². The van der Waals surface area contributed by atoms with Crippen LogP contribution in [0, 0.1) is 23.7 Å². The molecular formula is C15H26N2. The van der Waals surface area contributed by atoms with Gasteiger partial charge in [0.1, 0.15) is 0 Å². The lowest BCUT2D eigenvalue weighted by molar-refractivity contribution is 0.260. The third-order valence-electron chi connectivity index (χ3n) is 6.17. The summed E-state index contributed by atoms with van der Waals surface area (Å²) in [6, 6.07) is 0.904. The van der Waals surface area contributed by atoms with E-state index in [1.165, 1.54) is 32.4 Å². The van der Waals surface area contributed by atoms with Gasteiger partial charge in [-0.3, -0.25) is 0 Å². The average molecular weight is 234 g/mol. The molecule has 1 saturated heterocycles. The Morgan fingerprint density at radius 3 is 2.59 bits per heavy atom. The standard InChI is InChI=1S/C15H26N2/c1-15(6-2-3-7-17-15)9-16-14-12-10-4-5-11(8-10)13(12)14/h10-14,16-17H,2-9H2,1H3. The van der Waals surface area contributed by atoms with E-state index in [1.807, 2.05) is 0 Å². The van der Waals surface area contributed by atoms with Gasteiger partial charge in [-0.15, -0.1) is 0 Å². The molecule has 96 valence electrons. The summed E-state index contributed by atoms with van der Waals surface area (Å²) in [5, 5.41) is 7.63. The molecule has 5 atom stereocenters. The fourth-order valence-electron chi connectivity index (χ4n) is 5.21. The Kier molecular flexibility index (Phi) is 2.36. The van der Waals surface area contributed by atoms with E-state index in [-0.39, 0.29) is 0 Å². The van der Waals surface area contributed by atoms with Crippen molar-refractivity contribution in [3.8, 4) is 0 Å². The summed E-state index contributed by atoms with van der Waals surface area (Å²) in [4.78, 5) is 0. The van der Waals surface area contributed by atoms with E-state index >= 15 is 0 Å². The molecular weight excluding hydrogens is 208 g/mol. The molecule has 17 heavy (non-hydrogen) atoms. The van der Waals surface area contributed by atoms with Crippen molar-refractivity contribution in [2.24, 2.45) is 23.7 Å². The largest absolute Gasteiger partial charge is 0.312 e. The van der Waals surface area contributed by atoms with Crippen LogP contribution < -0.4 is 10.6 Å². The molecule has 3 aliphatic carbocycles. The van der Waals surface area contributed by atoms with Gasteiger partial charge in [-0.2, -0.15) is 0 Å². The first kappa shape index (κ1) is 10.8. The molecule has 0 radical (unpaired) electrons. The molecule has 1 aliphatic heterocycles. The summed E-state index contributed by atoms with van der Waals surface area (Å²) in [7, 11) is 0. The zero-order valence-corrected chi connectivity index (χ0v) is 11.0. The monoisotopic (exact) mass is 234 g/mol. The van der Waals surface area contributed by atoms with Gasteiger partial charge in [0.05, 0.1) is 0 Å². The van der Waals surface area contributed by atoms with Crippen molar-refractivity contribution < 1.29 is 0 Å². The van der Waals surface area contributed by atoms with Crippen LogP contribution in [-0.4, -0.2) is 24.7 Å². The van der Waals surface area contributed by atoms with Crippen molar-refractivity contribution in [3.63, 3.8) is 0 Å². The summed E-state index contributed by atoms with van der Waals surface area (Å²) < 4.78 is 0. The van der Waals surface area contributed by atoms with E-state index < -0.39 is 0 Å². The third kappa shape index (κ3) is 1.67. The Hall–Kier alpha value is -0.0800. The van der Waals surface area contributed by atoms with E-state index in [9.17, 15) is 0 Å². The summed E-state index contributed by atoms with van der Waals surface area (Å²) in [6.07, 6.45) is 8.79. The maximum atomic E-state index is 3.91. The van der Waals surface area contributed by atoms with E-state index in [0.717, 1.165) is 29.7 Å². The molecule has 3 saturated carbocycles. The normalized spacial score (nSPS) is 55.9. The minimum atomic E-state index is 0.383. The lowest BCUT2D eigenvalue weighted by Crippen LogP contribution is -2.53. The highest BCUT2D eigenvalue weighted by Crippen LogP contribution is 2.65. The van der Waals surface area contributed by atoms with Crippen LogP contribution in [-0.2, 0) is 0 Å². The fourth-order valence-corrected chi connectivity index (χ4v) is 5.21. The number of nitrogens with one attached hydrogen (secondary N) is 2. The first-order valence-corrected chi connectivity index (χ1v) is 7.75. The van der Waals surface area contributed by atoms with Gasteiger partial charge in [0.15, 0.2) is 0 Å². The van der Waals surface area contributed by atoms with Crippen LogP contribution in [0.5, 0.6) is 0 Å². The molecule has 2 N–H and O–H groups in total. The van der Waals surface area contributed by atoms with Crippen LogP contribution in [0.15, 0.2) is 0 Å². The van der Waals surface area contributed by atoms with Crippen molar-refractivity contribution in [1.29, 1.82) is 0 Å². The van der Waals surface area contributed by atoms with Crippen molar-refractivity contribution in [2.45, 2.75) is 57.0 Å². The van der Waals surface area contributed by atoms with Gasteiger partial charge in [0, 0.05) is 18.1 Å². The van der Waals surface area contributed by atoms with Gasteiger partial charge < -0.3 is 10.6 Å². The van der Waals surface area contributed by atoms with Gasteiger partial charge in [0.2, 0.25) is 0 Å². The van der Waals surface area contributed by atoms with Gasteiger partial charge in [-0.05, 0) is 69.2 Å². The molecule has 0 aromatic rings. The van der Waals surface area contributed by atoms with Crippen molar-refractivity contribution in [2.75, 3.05) is 13.1 Å². The zero-order chi connectivity index (χ0) is 11.5. The van der Waals surface area contributed by atoms with Gasteiger partial charge in [-0.25, -0.2) is 0 Å². The molecule has 5 unspecified atom stereocenters. The number of piperidine rings is 1. The van der Waals surface area contributed by atoms with Crippen molar-refractivity contribution in [3.05, 3.63) is 0 Å². The highest BCUT2D eigenvalue weighted by atomic mass is 15.1. The fraction of sp³-hybridized carbons (Fsp3) is 1.00. The molecule has 1 heterocycles. The van der Waals surface area contributed by atoms with Gasteiger partial charge in [-0.1, -0.05) is 6.42 Å². The topological polar surface area (TPSA) is 24.1 Å². The maximum absolute atomic E-state index is 3.91. The maximum Gasteiger partial charge on any atom is 0.0278 e. The van der Waals surface area contributed by atoms with Gasteiger partial charge >= 0.3 is 0 Å². The van der Waals surface area contributed by atoms with Crippen molar-refractivity contribution >= 4 is 0 Å². The number of hydrogen-bond donors (Lipinski definition) is 2. The molecule has 0 spiro atoms. The van der Waals surface area contributed by atoms with Crippen LogP contribution in [0.4, 0.5) is 0 Å². The first-order chi connectivity index (χ1) is 8.27. The molecule has 0 aromatic heterocycles. The lowest BCUT2D eigenvalue weighted by atomic mass is 9.91. The smallest absolute Gasteiger partial charge is 0.0278 e. The second kappa shape index (κ2) is 3.71. The summed E-state index contributed by atoms with van der Waals surface area (Å²) in [6.45, 7) is 4.83.